The maximum atomic E-state index is 12.0. The molecule has 4 heteroatoms. The fourth-order valence-corrected chi connectivity index (χ4v) is 3.50. The Kier molecular flexibility index (Phi) is 1.89. The van der Waals surface area contributed by atoms with E-state index in [1.54, 1.807) is 12.1 Å². The van der Waals surface area contributed by atoms with Crippen molar-refractivity contribution < 1.29 is 13.5 Å². The molecule has 0 unspecified atom stereocenters. The Bertz CT molecular complexity index is 770. The molecule has 0 radical (unpaired) electrons. The Labute approximate surface area is 98.9 Å². The number of benzene rings is 2. The van der Waals surface area contributed by atoms with E-state index in [-0.39, 0.29) is 15.6 Å². The van der Waals surface area contributed by atoms with Crippen LogP contribution in [0.3, 0.4) is 0 Å². The lowest BCUT2D eigenvalue weighted by Crippen LogP contribution is -2.01. The van der Waals surface area contributed by atoms with Gasteiger partial charge in [0.15, 0.2) is 0 Å². The fourth-order valence-electron chi connectivity index (χ4n) is 2.10. The lowest BCUT2D eigenvalue weighted by Gasteiger charge is -2.09. The van der Waals surface area contributed by atoms with Crippen LogP contribution in [-0.4, -0.2) is 8.42 Å². The van der Waals surface area contributed by atoms with Crippen LogP contribution >= 0.6 is 0 Å². The van der Waals surface area contributed by atoms with Gasteiger partial charge in [0.2, 0.25) is 9.84 Å². The third-order valence-electron chi connectivity index (χ3n) is 3.10. The third kappa shape index (κ3) is 1.24. The van der Waals surface area contributed by atoms with Gasteiger partial charge in [0.05, 0.1) is 4.90 Å². The van der Waals surface area contributed by atoms with Crippen molar-refractivity contribution in [3.8, 4) is 0 Å². The molecule has 0 atom stereocenters. The zero-order chi connectivity index (χ0) is 12.2. The van der Waals surface area contributed by atoms with E-state index in [0.717, 1.165) is 10.8 Å². The zero-order valence-corrected chi connectivity index (χ0v) is 9.91. The fraction of sp³-hybridized carbons (Fsp3) is 0.0769. The molecule has 2 aromatic rings. The van der Waals surface area contributed by atoms with Crippen molar-refractivity contribution in [2.45, 2.75) is 11.8 Å². The lowest BCUT2D eigenvalue weighted by molar-refractivity contribution is -0.244. The van der Waals surface area contributed by atoms with Gasteiger partial charge in [0.1, 0.15) is 0 Å². The highest BCUT2D eigenvalue weighted by Crippen LogP contribution is 2.38. The van der Waals surface area contributed by atoms with Gasteiger partial charge < -0.3 is 5.11 Å². The lowest BCUT2D eigenvalue weighted by atomic mass is 10.1. The minimum atomic E-state index is -3.56. The predicted octanol–water partition coefficient (Wildman–Crippen LogP) is 1.68. The van der Waals surface area contributed by atoms with Gasteiger partial charge >= 0.3 is 0 Å². The van der Waals surface area contributed by atoms with Gasteiger partial charge in [-0.25, -0.2) is 8.42 Å². The molecular formula is C13H9O3S-. The standard InChI is InChI=1S/C13H10O3S/c1-8-13(14)11-6-9-4-2-3-5-10(9)7-12(11)17(8,15)16/h2-7,14H,1H3/p-1. The number of allylic oxidation sites excluding steroid dienone is 1. The molecule has 17 heavy (non-hydrogen) atoms. The van der Waals surface area contributed by atoms with Crippen LogP contribution in [0.25, 0.3) is 16.5 Å². The van der Waals surface area contributed by atoms with Crippen LogP contribution in [0.15, 0.2) is 46.2 Å². The van der Waals surface area contributed by atoms with Gasteiger partial charge in [-0.05, 0) is 35.4 Å². The third-order valence-corrected chi connectivity index (χ3v) is 5.01. The second-order valence-electron chi connectivity index (χ2n) is 4.08. The minimum absolute atomic E-state index is 0.0807. The molecule has 3 nitrogen and oxygen atoms in total. The van der Waals surface area contributed by atoms with Gasteiger partial charge in [0.25, 0.3) is 0 Å². The molecule has 0 aromatic heterocycles. The molecular weight excluding hydrogens is 236 g/mol. The molecule has 0 saturated carbocycles. The summed E-state index contributed by atoms with van der Waals surface area (Å²) in [6.07, 6.45) is 0. The molecule has 1 aliphatic rings. The quantitative estimate of drug-likeness (QED) is 0.709. The average molecular weight is 245 g/mol. The van der Waals surface area contributed by atoms with Gasteiger partial charge in [0, 0.05) is 4.91 Å². The SMILES string of the molecule is CC1=C([O-])c2cc3ccccc3cc2S1(=O)=O. The summed E-state index contributed by atoms with van der Waals surface area (Å²) < 4.78 is 24.0. The van der Waals surface area contributed by atoms with Crippen molar-refractivity contribution in [1.82, 2.24) is 0 Å². The van der Waals surface area contributed by atoms with E-state index in [2.05, 4.69) is 0 Å². The van der Waals surface area contributed by atoms with E-state index in [0.29, 0.717) is 5.56 Å². The first kappa shape index (κ1) is 10.4. The molecule has 2 aromatic carbocycles. The number of fused-ring (bicyclic) bond motifs is 2. The summed E-state index contributed by atoms with van der Waals surface area (Å²) in [6, 6.07) is 10.6. The summed E-state index contributed by atoms with van der Waals surface area (Å²) in [5, 5.41) is 13.5. The largest absolute Gasteiger partial charge is 0.871 e. The second kappa shape index (κ2) is 3.11. The maximum absolute atomic E-state index is 12.0. The highest BCUT2D eigenvalue weighted by atomic mass is 32.2. The smallest absolute Gasteiger partial charge is 0.202 e. The van der Waals surface area contributed by atoms with E-state index in [4.69, 9.17) is 0 Å². The normalized spacial score (nSPS) is 17.5. The Morgan fingerprint density at radius 3 is 2.29 bits per heavy atom. The molecule has 3 rings (SSSR count). The first-order valence-corrected chi connectivity index (χ1v) is 6.66. The molecule has 0 N–H and O–H groups in total. The van der Waals surface area contributed by atoms with Crippen molar-refractivity contribution in [3.63, 3.8) is 0 Å². The molecule has 0 amide bonds. The van der Waals surface area contributed by atoms with Gasteiger partial charge in [-0.1, -0.05) is 30.0 Å². The molecule has 0 fully saturated rings. The van der Waals surface area contributed by atoms with Crippen LogP contribution in [0.4, 0.5) is 0 Å². The van der Waals surface area contributed by atoms with Crippen molar-refractivity contribution >= 4 is 26.4 Å². The van der Waals surface area contributed by atoms with Crippen molar-refractivity contribution in [2.24, 2.45) is 0 Å². The highest BCUT2D eigenvalue weighted by molar-refractivity contribution is 7.95. The molecule has 0 aliphatic carbocycles. The Morgan fingerprint density at radius 2 is 1.65 bits per heavy atom. The van der Waals surface area contributed by atoms with Crippen LogP contribution in [0.2, 0.25) is 0 Å². The van der Waals surface area contributed by atoms with Crippen LogP contribution in [0.5, 0.6) is 0 Å². The molecule has 1 aliphatic heterocycles. The molecule has 0 saturated heterocycles. The molecule has 0 bridgehead atoms. The first-order chi connectivity index (χ1) is 8.01. The minimum Gasteiger partial charge on any atom is -0.871 e. The number of sulfone groups is 1. The predicted molar refractivity (Wildman–Crippen MR) is 63.7 cm³/mol. The van der Waals surface area contributed by atoms with Crippen molar-refractivity contribution in [2.75, 3.05) is 0 Å². The van der Waals surface area contributed by atoms with E-state index < -0.39 is 9.84 Å². The summed E-state index contributed by atoms with van der Waals surface area (Å²) in [5.41, 5.74) is 0.293. The zero-order valence-electron chi connectivity index (χ0n) is 9.10. The topological polar surface area (TPSA) is 57.2 Å². The monoisotopic (exact) mass is 245 g/mol. The van der Waals surface area contributed by atoms with E-state index in [1.165, 1.54) is 6.92 Å². The highest BCUT2D eigenvalue weighted by Gasteiger charge is 2.28. The summed E-state index contributed by atoms with van der Waals surface area (Å²) in [6.45, 7) is 1.36. The summed E-state index contributed by atoms with van der Waals surface area (Å²) in [5.74, 6) is -0.384. The van der Waals surface area contributed by atoms with E-state index in [9.17, 15) is 13.5 Å². The second-order valence-corrected chi connectivity index (χ2v) is 6.14. The maximum Gasteiger partial charge on any atom is 0.202 e. The van der Waals surface area contributed by atoms with Crippen LogP contribution < -0.4 is 5.11 Å². The van der Waals surface area contributed by atoms with Crippen LogP contribution in [0, 0.1) is 0 Å². The molecule has 86 valence electrons. The Balaban J connectivity index is 2.49. The summed E-state index contributed by atoms with van der Waals surface area (Å²) >= 11 is 0. The average Bonchev–Trinajstić information content (AvgIpc) is 2.49. The number of rotatable bonds is 0. The Morgan fingerprint density at radius 1 is 1.06 bits per heavy atom. The summed E-state index contributed by atoms with van der Waals surface area (Å²) in [7, 11) is -3.56. The van der Waals surface area contributed by atoms with E-state index in [1.807, 2.05) is 24.3 Å². The van der Waals surface area contributed by atoms with Crippen LogP contribution in [-0.2, 0) is 9.84 Å². The number of hydrogen-bond acceptors (Lipinski definition) is 3. The van der Waals surface area contributed by atoms with Crippen LogP contribution in [0.1, 0.15) is 12.5 Å². The number of hydrogen-bond donors (Lipinski definition) is 0. The van der Waals surface area contributed by atoms with Gasteiger partial charge in [-0.15, -0.1) is 0 Å². The first-order valence-electron chi connectivity index (χ1n) is 5.18. The molecule has 0 spiro atoms. The van der Waals surface area contributed by atoms with Crippen molar-refractivity contribution in [1.29, 1.82) is 0 Å². The summed E-state index contributed by atoms with van der Waals surface area (Å²) in [4.78, 5) is 0.0570. The van der Waals surface area contributed by atoms with Gasteiger partial charge in [-0.3, -0.25) is 0 Å². The van der Waals surface area contributed by atoms with Gasteiger partial charge in [-0.2, -0.15) is 0 Å². The Hall–Kier alpha value is -1.81. The van der Waals surface area contributed by atoms with Crippen molar-refractivity contribution in [3.05, 3.63) is 46.9 Å². The molecule has 1 heterocycles. The van der Waals surface area contributed by atoms with E-state index >= 15 is 0 Å².